The number of hydrogen-bond donors (Lipinski definition) is 0. The Morgan fingerprint density at radius 3 is 2.26 bits per heavy atom. The number of hydrogen-bond acceptors (Lipinski definition) is 2. The minimum absolute atomic E-state index is 0.890. The molecule has 0 amide bonds. The van der Waals surface area contributed by atoms with Crippen LogP contribution in [0.15, 0.2) is 63.8 Å². The minimum Gasteiger partial charge on any atom is -0.465 e. The second kappa shape index (κ2) is 4.02. The molecule has 0 N–H and O–H groups in total. The van der Waals surface area contributed by atoms with E-state index in [1.807, 2.05) is 30.3 Å². The first kappa shape index (κ1) is 10.4. The lowest BCUT2D eigenvalue weighted by Crippen LogP contribution is -1.84. The van der Waals surface area contributed by atoms with Gasteiger partial charge in [-0.1, -0.05) is 18.2 Å². The fourth-order valence-corrected chi connectivity index (χ4v) is 2.47. The van der Waals surface area contributed by atoms with Gasteiger partial charge in [-0.2, -0.15) is 0 Å². The number of allylic oxidation sites excluding steroid dienone is 1. The monoisotopic (exact) mass is 247 g/mol. The molecule has 0 fully saturated rings. The molecule has 2 aromatic heterocycles. The highest BCUT2D eigenvalue weighted by molar-refractivity contribution is 5.97. The number of benzene rings is 1. The van der Waals surface area contributed by atoms with E-state index < -0.39 is 0 Å². The van der Waals surface area contributed by atoms with Crippen molar-refractivity contribution in [2.24, 2.45) is 0 Å². The highest BCUT2D eigenvalue weighted by Gasteiger charge is 2.20. The Bertz CT molecular complexity index is 732. The molecule has 2 nitrogen and oxygen atoms in total. The van der Waals surface area contributed by atoms with Gasteiger partial charge in [-0.05, 0) is 41.5 Å². The van der Waals surface area contributed by atoms with Crippen LogP contribution < -0.4 is 0 Å². The van der Waals surface area contributed by atoms with Gasteiger partial charge in [0.25, 0.3) is 0 Å². The Balaban J connectivity index is 1.85. The maximum Gasteiger partial charge on any atom is 0.134 e. The fourth-order valence-electron chi connectivity index (χ4n) is 2.47. The van der Waals surface area contributed by atoms with Gasteiger partial charge in [0.2, 0.25) is 0 Å². The SMILES string of the molecule is [CH]1C(c2ccco2)=Cc2c1cccc2-c1ccco1. The number of fused-ring (bicyclic) bond motifs is 1. The summed E-state index contributed by atoms with van der Waals surface area (Å²) in [6, 6.07) is 14.0. The van der Waals surface area contributed by atoms with Crippen LogP contribution in [-0.2, 0) is 0 Å². The van der Waals surface area contributed by atoms with E-state index >= 15 is 0 Å². The van der Waals surface area contributed by atoms with E-state index in [-0.39, 0.29) is 0 Å². The molecule has 0 saturated heterocycles. The van der Waals surface area contributed by atoms with Gasteiger partial charge in [0.1, 0.15) is 11.5 Å². The fraction of sp³-hybridized carbons (Fsp3) is 0. The molecule has 1 aromatic carbocycles. The van der Waals surface area contributed by atoms with Crippen LogP contribution in [0.5, 0.6) is 0 Å². The lowest BCUT2D eigenvalue weighted by atomic mass is 10.0. The predicted octanol–water partition coefficient (Wildman–Crippen LogP) is 4.65. The normalized spacial score (nSPS) is 13.4. The van der Waals surface area contributed by atoms with Gasteiger partial charge in [0.05, 0.1) is 12.5 Å². The van der Waals surface area contributed by atoms with E-state index in [9.17, 15) is 0 Å². The van der Waals surface area contributed by atoms with E-state index in [1.54, 1.807) is 12.5 Å². The van der Waals surface area contributed by atoms with Crippen LogP contribution in [0.4, 0.5) is 0 Å². The molecular weight excluding hydrogens is 236 g/mol. The van der Waals surface area contributed by atoms with Crippen molar-refractivity contribution < 1.29 is 8.83 Å². The molecule has 1 aliphatic rings. The molecule has 2 heterocycles. The van der Waals surface area contributed by atoms with Crippen molar-refractivity contribution in [3.05, 3.63) is 78.3 Å². The topological polar surface area (TPSA) is 26.3 Å². The zero-order chi connectivity index (χ0) is 12.7. The van der Waals surface area contributed by atoms with Gasteiger partial charge in [-0.15, -0.1) is 0 Å². The van der Waals surface area contributed by atoms with Crippen molar-refractivity contribution >= 4 is 11.6 Å². The smallest absolute Gasteiger partial charge is 0.134 e. The highest BCUT2D eigenvalue weighted by atomic mass is 16.3. The molecule has 1 aliphatic carbocycles. The first-order chi connectivity index (χ1) is 9.42. The van der Waals surface area contributed by atoms with Crippen LogP contribution in [-0.4, -0.2) is 0 Å². The Kier molecular flexibility index (Phi) is 2.21. The summed E-state index contributed by atoms with van der Waals surface area (Å²) >= 11 is 0. The van der Waals surface area contributed by atoms with Crippen LogP contribution in [0.25, 0.3) is 23.0 Å². The predicted molar refractivity (Wildman–Crippen MR) is 74.1 cm³/mol. The molecule has 0 unspecified atom stereocenters. The summed E-state index contributed by atoms with van der Waals surface area (Å²) in [5.41, 5.74) is 4.59. The summed E-state index contributed by atoms with van der Waals surface area (Å²) in [6.07, 6.45) is 7.68. The zero-order valence-corrected chi connectivity index (χ0v) is 10.2. The van der Waals surface area contributed by atoms with Crippen molar-refractivity contribution in [2.75, 3.05) is 0 Å². The van der Waals surface area contributed by atoms with Crippen molar-refractivity contribution in [3.63, 3.8) is 0 Å². The zero-order valence-electron chi connectivity index (χ0n) is 10.2. The Labute approximate surface area is 111 Å². The third-order valence-corrected chi connectivity index (χ3v) is 3.34. The number of furan rings is 2. The molecule has 0 spiro atoms. The van der Waals surface area contributed by atoms with E-state index in [4.69, 9.17) is 8.83 Å². The van der Waals surface area contributed by atoms with Gasteiger partial charge < -0.3 is 8.83 Å². The quantitative estimate of drug-likeness (QED) is 0.659. The Hall–Kier alpha value is -2.48. The standard InChI is InChI=1S/C17H11O2/c1-4-12-10-13(16-6-2-8-18-16)11-15(12)14(5-1)17-7-3-9-19-17/h1-11H. The van der Waals surface area contributed by atoms with Crippen molar-refractivity contribution in [1.82, 2.24) is 0 Å². The third kappa shape index (κ3) is 1.65. The highest BCUT2D eigenvalue weighted by Crippen LogP contribution is 2.38. The van der Waals surface area contributed by atoms with Crippen LogP contribution in [0.3, 0.4) is 0 Å². The summed E-state index contributed by atoms with van der Waals surface area (Å²) < 4.78 is 11.0. The Morgan fingerprint density at radius 2 is 1.53 bits per heavy atom. The maximum absolute atomic E-state index is 5.50. The minimum atomic E-state index is 0.890. The summed E-state index contributed by atoms with van der Waals surface area (Å²) in [6.45, 7) is 0. The molecule has 2 heteroatoms. The molecule has 0 aliphatic heterocycles. The van der Waals surface area contributed by atoms with Gasteiger partial charge in [0.15, 0.2) is 0 Å². The van der Waals surface area contributed by atoms with Crippen molar-refractivity contribution in [3.8, 4) is 11.3 Å². The molecule has 1 radical (unpaired) electrons. The van der Waals surface area contributed by atoms with Crippen LogP contribution in [0.1, 0.15) is 16.9 Å². The summed E-state index contributed by atoms with van der Waals surface area (Å²) in [5.74, 6) is 1.78. The van der Waals surface area contributed by atoms with Crippen molar-refractivity contribution in [1.29, 1.82) is 0 Å². The van der Waals surface area contributed by atoms with E-state index in [1.165, 1.54) is 11.1 Å². The second-order valence-corrected chi connectivity index (χ2v) is 4.51. The molecule has 3 aromatic rings. The van der Waals surface area contributed by atoms with E-state index in [0.717, 1.165) is 22.7 Å². The van der Waals surface area contributed by atoms with E-state index in [0.29, 0.717) is 0 Å². The Morgan fingerprint density at radius 1 is 0.737 bits per heavy atom. The lowest BCUT2D eigenvalue weighted by molar-refractivity contribution is 0.554. The van der Waals surface area contributed by atoms with Gasteiger partial charge >= 0.3 is 0 Å². The molecule has 91 valence electrons. The lowest BCUT2D eigenvalue weighted by Gasteiger charge is -2.03. The number of rotatable bonds is 2. The van der Waals surface area contributed by atoms with Gasteiger partial charge in [-0.25, -0.2) is 0 Å². The van der Waals surface area contributed by atoms with Crippen LogP contribution >= 0.6 is 0 Å². The molecular formula is C17H11O2. The average Bonchev–Trinajstić information content (AvgIpc) is 3.18. The van der Waals surface area contributed by atoms with Crippen LogP contribution in [0, 0.1) is 6.42 Å². The van der Waals surface area contributed by atoms with Gasteiger partial charge in [0, 0.05) is 17.6 Å². The molecule has 0 bridgehead atoms. The largest absolute Gasteiger partial charge is 0.465 e. The summed E-state index contributed by atoms with van der Waals surface area (Å²) in [5, 5.41) is 0. The maximum atomic E-state index is 5.50. The molecule has 19 heavy (non-hydrogen) atoms. The third-order valence-electron chi connectivity index (χ3n) is 3.34. The summed E-state index contributed by atoms with van der Waals surface area (Å²) in [7, 11) is 0. The van der Waals surface area contributed by atoms with Gasteiger partial charge in [-0.3, -0.25) is 0 Å². The first-order valence-electron chi connectivity index (χ1n) is 6.19. The van der Waals surface area contributed by atoms with E-state index in [2.05, 4.69) is 24.6 Å². The average molecular weight is 247 g/mol. The molecule has 4 rings (SSSR count). The second-order valence-electron chi connectivity index (χ2n) is 4.51. The first-order valence-corrected chi connectivity index (χ1v) is 6.19. The van der Waals surface area contributed by atoms with Crippen molar-refractivity contribution in [2.45, 2.75) is 0 Å². The van der Waals surface area contributed by atoms with Crippen LogP contribution in [0.2, 0.25) is 0 Å². The molecule has 0 saturated carbocycles. The molecule has 0 atom stereocenters. The summed E-state index contributed by atoms with van der Waals surface area (Å²) in [4.78, 5) is 0.